The molecule has 20 heavy (non-hydrogen) atoms. The molecule has 1 aromatic rings. The minimum absolute atomic E-state index is 0.00210. The van der Waals surface area contributed by atoms with Crippen molar-refractivity contribution in [2.45, 2.75) is 26.0 Å². The Labute approximate surface area is 124 Å². The number of hydrogen-bond acceptors (Lipinski definition) is 3. The van der Waals surface area contributed by atoms with Crippen molar-refractivity contribution in [1.29, 1.82) is 0 Å². The first-order valence-electron chi connectivity index (χ1n) is 6.90. The second kappa shape index (κ2) is 6.57. The number of ether oxygens (including phenoxy) is 1. The molecule has 1 fully saturated rings. The summed E-state index contributed by atoms with van der Waals surface area (Å²) in [4.78, 5) is 14.1. The van der Waals surface area contributed by atoms with Crippen molar-refractivity contribution >= 4 is 17.5 Å². The summed E-state index contributed by atoms with van der Waals surface area (Å²) < 4.78 is 5.75. The zero-order chi connectivity index (χ0) is 14.7. The summed E-state index contributed by atoms with van der Waals surface area (Å²) in [6, 6.07) is 7.09. The second-order valence-electron chi connectivity index (χ2n) is 5.47. The van der Waals surface area contributed by atoms with Gasteiger partial charge in [0.2, 0.25) is 5.91 Å². The molecule has 110 valence electrons. The van der Waals surface area contributed by atoms with Crippen LogP contribution in [0, 0.1) is 5.92 Å². The van der Waals surface area contributed by atoms with Crippen molar-refractivity contribution in [3.8, 4) is 0 Å². The maximum absolute atomic E-state index is 12.3. The molecule has 1 heterocycles. The van der Waals surface area contributed by atoms with Crippen LogP contribution < -0.4 is 5.73 Å². The highest BCUT2D eigenvalue weighted by molar-refractivity contribution is 6.30. The molecule has 1 aliphatic rings. The van der Waals surface area contributed by atoms with Crippen LogP contribution in [0.25, 0.3) is 0 Å². The minimum Gasteiger partial charge on any atom is -0.370 e. The van der Waals surface area contributed by atoms with Gasteiger partial charge in [-0.15, -0.1) is 0 Å². The van der Waals surface area contributed by atoms with Crippen LogP contribution in [0.4, 0.5) is 0 Å². The van der Waals surface area contributed by atoms with Gasteiger partial charge in [-0.25, -0.2) is 0 Å². The summed E-state index contributed by atoms with van der Waals surface area (Å²) in [5.74, 6) is 0.140. The lowest BCUT2D eigenvalue weighted by molar-refractivity contribution is -0.141. The molecule has 2 atom stereocenters. The van der Waals surface area contributed by atoms with Crippen LogP contribution in [0.15, 0.2) is 24.3 Å². The van der Waals surface area contributed by atoms with Crippen molar-refractivity contribution in [1.82, 2.24) is 4.90 Å². The van der Waals surface area contributed by atoms with Crippen molar-refractivity contribution in [3.05, 3.63) is 34.9 Å². The van der Waals surface area contributed by atoms with Gasteiger partial charge in [-0.3, -0.25) is 4.79 Å². The van der Waals surface area contributed by atoms with Gasteiger partial charge in [0.25, 0.3) is 0 Å². The number of halogens is 1. The van der Waals surface area contributed by atoms with Crippen molar-refractivity contribution in [3.63, 3.8) is 0 Å². The van der Waals surface area contributed by atoms with Crippen LogP contribution in [0.3, 0.4) is 0 Å². The average Bonchev–Trinajstić information content (AvgIpc) is 2.46. The third kappa shape index (κ3) is 3.51. The van der Waals surface area contributed by atoms with Crippen LogP contribution in [0.2, 0.25) is 5.02 Å². The van der Waals surface area contributed by atoms with Gasteiger partial charge in [-0.1, -0.05) is 37.6 Å². The first-order chi connectivity index (χ1) is 9.49. The largest absolute Gasteiger partial charge is 0.370 e. The number of amides is 1. The lowest BCUT2D eigenvalue weighted by Gasteiger charge is -2.35. The highest BCUT2D eigenvalue weighted by atomic mass is 35.5. The van der Waals surface area contributed by atoms with Gasteiger partial charge in [0.1, 0.15) is 6.10 Å². The van der Waals surface area contributed by atoms with E-state index in [1.807, 2.05) is 38.1 Å². The van der Waals surface area contributed by atoms with E-state index in [1.54, 1.807) is 4.90 Å². The van der Waals surface area contributed by atoms with Gasteiger partial charge in [-0.05, 0) is 23.6 Å². The van der Waals surface area contributed by atoms with E-state index in [2.05, 4.69) is 0 Å². The fourth-order valence-corrected chi connectivity index (χ4v) is 2.35. The van der Waals surface area contributed by atoms with Crippen molar-refractivity contribution < 1.29 is 9.53 Å². The normalized spacial score (nSPS) is 21.1. The van der Waals surface area contributed by atoms with Crippen molar-refractivity contribution in [2.24, 2.45) is 11.7 Å². The number of nitrogens with two attached hydrogens (primary N) is 1. The number of morpholine rings is 1. The van der Waals surface area contributed by atoms with Gasteiger partial charge >= 0.3 is 0 Å². The number of rotatable bonds is 3. The number of benzene rings is 1. The fourth-order valence-electron chi connectivity index (χ4n) is 2.22. The Morgan fingerprint density at radius 2 is 2.05 bits per heavy atom. The van der Waals surface area contributed by atoms with E-state index in [9.17, 15) is 4.79 Å². The Morgan fingerprint density at radius 1 is 1.40 bits per heavy atom. The SMILES string of the molecule is CC(C)[C@H](N)C(=O)N1CCOC(c2ccc(Cl)cc2)C1. The van der Waals surface area contributed by atoms with E-state index < -0.39 is 6.04 Å². The summed E-state index contributed by atoms with van der Waals surface area (Å²) in [7, 11) is 0. The standard InChI is InChI=1S/C15H21ClN2O2/c1-10(2)14(17)15(19)18-7-8-20-13(9-18)11-3-5-12(16)6-4-11/h3-6,10,13-14H,7-9,17H2,1-2H3/t13?,14-/m0/s1. The monoisotopic (exact) mass is 296 g/mol. The number of carbonyl (C=O) groups excluding carboxylic acids is 1. The third-order valence-electron chi connectivity index (χ3n) is 3.62. The molecule has 0 bridgehead atoms. The third-order valence-corrected chi connectivity index (χ3v) is 3.88. The van der Waals surface area contributed by atoms with Gasteiger partial charge in [0, 0.05) is 11.6 Å². The zero-order valence-corrected chi connectivity index (χ0v) is 12.6. The molecule has 0 aromatic heterocycles. The fraction of sp³-hybridized carbons (Fsp3) is 0.533. The Hall–Kier alpha value is -1.10. The lowest BCUT2D eigenvalue weighted by atomic mass is 10.0. The lowest BCUT2D eigenvalue weighted by Crippen LogP contribution is -2.51. The van der Waals surface area contributed by atoms with Gasteiger partial charge < -0.3 is 15.4 Å². The van der Waals surface area contributed by atoms with Gasteiger partial charge in [-0.2, -0.15) is 0 Å². The van der Waals surface area contributed by atoms with Crippen molar-refractivity contribution in [2.75, 3.05) is 19.7 Å². The van der Waals surface area contributed by atoms with E-state index >= 15 is 0 Å². The summed E-state index contributed by atoms with van der Waals surface area (Å²) >= 11 is 5.88. The van der Waals surface area contributed by atoms with E-state index in [4.69, 9.17) is 22.1 Å². The first-order valence-corrected chi connectivity index (χ1v) is 7.28. The summed E-state index contributed by atoms with van der Waals surface area (Å²) in [5.41, 5.74) is 6.98. The molecule has 5 heteroatoms. The van der Waals surface area contributed by atoms with Crippen LogP contribution in [-0.4, -0.2) is 36.5 Å². The summed E-state index contributed by atoms with van der Waals surface area (Å²) in [5, 5.41) is 0.694. The number of nitrogens with zero attached hydrogens (tertiary/aromatic N) is 1. The molecule has 2 N–H and O–H groups in total. The smallest absolute Gasteiger partial charge is 0.239 e. The Bertz CT molecular complexity index is 461. The van der Waals surface area contributed by atoms with Gasteiger partial charge in [0.15, 0.2) is 0 Å². The molecule has 1 aromatic carbocycles. The highest BCUT2D eigenvalue weighted by Gasteiger charge is 2.29. The van der Waals surface area contributed by atoms with Crippen LogP contribution >= 0.6 is 11.6 Å². The van der Waals surface area contributed by atoms with E-state index in [1.165, 1.54) is 0 Å². The molecule has 0 saturated carbocycles. The number of hydrogen-bond donors (Lipinski definition) is 1. The second-order valence-corrected chi connectivity index (χ2v) is 5.90. The molecular formula is C15H21ClN2O2. The Kier molecular flexibility index (Phi) is 5.02. The van der Waals surface area contributed by atoms with E-state index in [0.717, 1.165) is 5.56 Å². The summed E-state index contributed by atoms with van der Waals surface area (Å²) in [6.45, 7) is 5.59. The van der Waals surface area contributed by atoms with Crippen LogP contribution in [0.1, 0.15) is 25.5 Å². The van der Waals surface area contributed by atoms with Crippen LogP contribution in [0.5, 0.6) is 0 Å². The molecule has 0 aliphatic carbocycles. The molecule has 2 rings (SSSR count). The zero-order valence-electron chi connectivity index (χ0n) is 11.9. The predicted molar refractivity (Wildman–Crippen MR) is 79.5 cm³/mol. The molecule has 1 saturated heterocycles. The summed E-state index contributed by atoms with van der Waals surface area (Å²) in [6.07, 6.45) is -0.107. The Morgan fingerprint density at radius 3 is 2.65 bits per heavy atom. The van der Waals surface area contributed by atoms with E-state index in [0.29, 0.717) is 24.7 Å². The maximum Gasteiger partial charge on any atom is 0.239 e. The molecule has 1 amide bonds. The highest BCUT2D eigenvalue weighted by Crippen LogP contribution is 2.24. The number of carbonyl (C=O) groups is 1. The average molecular weight is 297 g/mol. The topological polar surface area (TPSA) is 55.6 Å². The molecule has 1 unspecified atom stereocenters. The van der Waals surface area contributed by atoms with Crippen LogP contribution in [-0.2, 0) is 9.53 Å². The first kappa shape index (κ1) is 15.3. The quantitative estimate of drug-likeness (QED) is 0.930. The predicted octanol–water partition coefficient (Wildman–Crippen LogP) is 2.22. The minimum atomic E-state index is -0.445. The molecule has 0 spiro atoms. The molecule has 1 aliphatic heterocycles. The molecular weight excluding hydrogens is 276 g/mol. The van der Waals surface area contributed by atoms with Gasteiger partial charge in [0.05, 0.1) is 19.2 Å². The van der Waals surface area contributed by atoms with E-state index in [-0.39, 0.29) is 17.9 Å². The molecule has 4 nitrogen and oxygen atoms in total. The Balaban J connectivity index is 2.05. The molecule has 0 radical (unpaired) electrons. The maximum atomic E-state index is 12.3.